The molecule has 100 valence electrons. The Morgan fingerprint density at radius 3 is 2.56 bits per heavy atom. The lowest BCUT2D eigenvalue weighted by molar-refractivity contribution is -0.0281. The molecule has 0 bridgehead atoms. The second kappa shape index (κ2) is 6.20. The van der Waals surface area contributed by atoms with E-state index in [-0.39, 0.29) is 22.7 Å². The van der Waals surface area contributed by atoms with Crippen LogP contribution in [-0.2, 0) is 9.47 Å². The Bertz CT molecular complexity index is 427. The molecule has 3 nitrogen and oxygen atoms in total. The topological polar surface area (TPSA) is 35.5 Å². The molecule has 0 aliphatic heterocycles. The van der Waals surface area contributed by atoms with Gasteiger partial charge in [-0.15, -0.1) is 12.6 Å². The zero-order valence-electron chi connectivity index (χ0n) is 10.7. The molecule has 0 N–H and O–H groups in total. The summed E-state index contributed by atoms with van der Waals surface area (Å²) >= 11 is 3.90. The summed E-state index contributed by atoms with van der Waals surface area (Å²) in [5.74, 6) is -0.978. The molecule has 5 heteroatoms. The van der Waals surface area contributed by atoms with E-state index in [0.717, 1.165) is 0 Å². The number of halogens is 1. The van der Waals surface area contributed by atoms with Crippen molar-refractivity contribution in [2.45, 2.75) is 31.3 Å². The molecule has 0 unspecified atom stereocenters. The Labute approximate surface area is 112 Å². The van der Waals surface area contributed by atoms with Gasteiger partial charge in [-0.1, -0.05) is 0 Å². The van der Waals surface area contributed by atoms with E-state index in [2.05, 4.69) is 12.6 Å². The van der Waals surface area contributed by atoms with Crippen LogP contribution in [-0.4, -0.2) is 24.8 Å². The predicted molar refractivity (Wildman–Crippen MR) is 69.6 cm³/mol. The van der Waals surface area contributed by atoms with Crippen LogP contribution in [0.2, 0.25) is 0 Å². The first-order chi connectivity index (χ1) is 8.29. The summed E-state index contributed by atoms with van der Waals surface area (Å²) in [5.41, 5.74) is 0.0118. The van der Waals surface area contributed by atoms with Crippen molar-refractivity contribution in [1.82, 2.24) is 0 Å². The molecule has 0 saturated heterocycles. The van der Waals surface area contributed by atoms with Crippen molar-refractivity contribution in [3.63, 3.8) is 0 Å². The highest BCUT2D eigenvalue weighted by Gasteiger charge is 2.12. The van der Waals surface area contributed by atoms with Crippen LogP contribution in [0.5, 0.6) is 0 Å². The van der Waals surface area contributed by atoms with Gasteiger partial charge in [-0.25, -0.2) is 9.18 Å². The molecule has 0 aliphatic carbocycles. The minimum Gasteiger partial charge on any atom is -0.460 e. The van der Waals surface area contributed by atoms with Crippen LogP contribution in [0.3, 0.4) is 0 Å². The fourth-order valence-corrected chi connectivity index (χ4v) is 1.42. The third kappa shape index (κ3) is 5.06. The molecule has 0 aliphatic rings. The van der Waals surface area contributed by atoms with E-state index < -0.39 is 11.8 Å². The van der Waals surface area contributed by atoms with Gasteiger partial charge in [0.1, 0.15) is 12.4 Å². The van der Waals surface area contributed by atoms with Crippen LogP contribution >= 0.6 is 12.6 Å². The Morgan fingerprint density at radius 1 is 1.33 bits per heavy atom. The minimum absolute atomic E-state index is 0.121. The molecule has 0 heterocycles. The summed E-state index contributed by atoms with van der Waals surface area (Å²) in [4.78, 5) is 11.7. The smallest absolute Gasteiger partial charge is 0.338 e. The van der Waals surface area contributed by atoms with Gasteiger partial charge in [0.15, 0.2) is 0 Å². The minimum atomic E-state index is -0.511. The number of benzene rings is 1. The first-order valence-corrected chi connectivity index (χ1v) is 6.04. The second-order valence-corrected chi connectivity index (χ2v) is 5.24. The monoisotopic (exact) mass is 272 g/mol. The first kappa shape index (κ1) is 15.0. The molecule has 1 rings (SSSR count). The summed E-state index contributed by atoms with van der Waals surface area (Å²) in [6.07, 6.45) is 0. The number of carbonyl (C=O) groups is 1. The average Bonchev–Trinajstić information content (AvgIpc) is 2.26. The van der Waals surface area contributed by atoms with Crippen molar-refractivity contribution in [2.24, 2.45) is 0 Å². The number of esters is 1. The Hall–Kier alpha value is -1.07. The van der Waals surface area contributed by atoms with E-state index in [9.17, 15) is 9.18 Å². The van der Waals surface area contributed by atoms with Crippen LogP contribution in [0, 0.1) is 5.82 Å². The highest BCUT2D eigenvalue weighted by molar-refractivity contribution is 7.80. The Kier molecular flexibility index (Phi) is 5.16. The molecular formula is C13H17FO3S. The molecule has 0 radical (unpaired) electrons. The summed E-state index contributed by atoms with van der Waals surface area (Å²) in [6.45, 7) is 6.24. The second-order valence-electron chi connectivity index (χ2n) is 4.76. The molecule has 0 spiro atoms. The van der Waals surface area contributed by atoms with E-state index in [0.29, 0.717) is 6.61 Å². The summed E-state index contributed by atoms with van der Waals surface area (Å²) in [5, 5.41) is 0. The highest BCUT2D eigenvalue weighted by atomic mass is 32.1. The normalized spacial score (nSPS) is 11.4. The number of hydrogen-bond acceptors (Lipinski definition) is 4. The van der Waals surface area contributed by atoms with Gasteiger partial charge in [0.2, 0.25) is 0 Å². The van der Waals surface area contributed by atoms with Crippen molar-refractivity contribution in [3.05, 3.63) is 29.6 Å². The Morgan fingerprint density at radius 2 is 2.00 bits per heavy atom. The van der Waals surface area contributed by atoms with Gasteiger partial charge in [0.05, 0.1) is 17.8 Å². The van der Waals surface area contributed by atoms with Gasteiger partial charge in [0, 0.05) is 4.90 Å². The lowest BCUT2D eigenvalue weighted by atomic mass is 10.2. The van der Waals surface area contributed by atoms with E-state index in [1.165, 1.54) is 18.2 Å². The third-order valence-electron chi connectivity index (χ3n) is 2.03. The highest BCUT2D eigenvalue weighted by Crippen LogP contribution is 2.15. The van der Waals surface area contributed by atoms with Gasteiger partial charge >= 0.3 is 5.97 Å². The summed E-state index contributed by atoms with van der Waals surface area (Å²) < 4.78 is 23.4. The lowest BCUT2D eigenvalue weighted by Gasteiger charge is -2.19. The van der Waals surface area contributed by atoms with Gasteiger partial charge < -0.3 is 9.47 Å². The van der Waals surface area contributed by atoms with E-state index >= 15 is 0 Å². The summed E-state index contributed by atoms with van der Waals surface area (Å²) in [6, 6.07) is 3.89. The molecular weight excluding hydrogens is 255 g/mol. The number of hydrogen-bond donors (Lipinski definition) is 1. The number of ether oxygens (including phenoxy) is 2. The van der Waals surface area contributed by atoms with E-state index in [1.54, 1.807) is 0 Å². The molecule has 0 atom stereocenters. The van der Waals surface area contributed by atoms with Crippen LogP contribution in [0.25, 0.3) is 0 Å². The number of thiol groups is 1. The predicted octanol–water partition coefficient (Wildman–Crippen LogP) is 3.09. The molecule has 18 heavy (non-hydrogen) atoms. The molecule has 0 fully saturated rings. The standard InChI is InChI=1S/C13H17FO3S/c1-13(2,3)17-7-6-16-12(15)9-4-5-10(14)11(18)8-9/h4-5,8,18H,6-7H2,1-3H3. The maximum absolute atomic E-state index is 13.0. The fourth-order valence-electron chi connectivity index (χ4n) is 1.21. The maximum Gasteiger partial charge on any atom is 0.338 e. The summed E-state index contributed by atoms with van der Waals surface area (Å²) in [7, 11) is 0. The number of rotatable bonds is 4. The SMILES string of the molecule is CC(C)(C)OCCOC(=O)c1ccc(F)c(S)c1. The lowest BCUT2D eigenvalue weighted by Crippen LogP contribution is -2.22. The molecule has 1 aromatic rings. The average molecular weight is 272 g/mol. The molecule has 0 saturated carbocycles. The van der Waals surface area contributed by atoms with Crippen LogP contribution < -0.4 is 0 Å². The quantitative estimate of drug-likeness (QED) is 0.520. The molecule has 0 amide bonds. The maximum atomic E-state index is 13.0. The Balaban J connectivity index is 2.43. The molecule has 1 aromatic carbocycles. The van der Waals surface area contributed by atoms with E-state index in [4.69, 9.17) is 9.47 Å². The van der Waals surface area contributed by atoms with Crippen LogP contribution in [0.1, 0.15) is 31.1 Å². The van der Waals surface area contributed by atoms with Crippen molar-refractivity contribution >= 4 is 18.6 Å². The van der Waals surface area contributed by atoms with E-state index in [1.807, 2.05) is 20.8 Å². The van der Waals surface area contributed by atoms with Crippen LogP contribution in [0.15, 0.2) is 23.1 Å². The van der Waals surface area contributed by atoms with Crippen molar-refractivity contribution in [1.29, 1.82) is 0 Å². The largest absolute Gasteiger partial charge is 0.460 e. The first-order valence-electron chi connectivity index (χ1n) is 5.59. The third-order valence-corrected chi connectivity index (χ3v) is 2.38. The zero-order valence-corrected chi connectivity index (χ0v) is 11.6. The van der Waals surface area contributed by atoms with Crippen molar-refractivity contribution in [3.8, 4) is 0 Å². The van der Waals surface area contributed by atoms with Gasteiger partial charge in [-0.3, -0.25) is 0 Å². The number of carbonyl (C=O) groups excluding carboxylic acids is 1. The van der Waals surface area contributed by atoms with Gasteiger partial charge in [0.25, 0.3) is 0 Å². The van der Waals surface area contributed by atoms with Crippen molar-refractivity contribution in [2.75, 3.05) is 13.2 Å². The van der Waals surface area contributed by atoms with Gasteiger partial charge in [-0.05, 0) is 39.0 Å². The zero-order chi connectivity index (χ0) is 13.8. The van der Waals surface area contributed by atoms with Gasteiger partial charge in [-0.2, -0.15) is 0 Å². The fraction of sp³-hybridized carbons (Fsp3) is 0.462. The van der Waals surface area contributed by atoms with Crippen molar-refractivity contribution < 1.29 is 18.7 Å². The van der Waals surface area contributed by atoms with Crippen LogP contribution in [0.4, 0.5) is 4.39 Å². The molecule has 0 aromatic heterocycles.